The molecule has 0 unspecified atom stereocenters. The van der Waals surface area contributed by atoms with Crippen molar-refractivity contribution >= 4 is 11.8 Å². The van der Waals surface area contributed by atoms with Crippen LogP contribution in [0.15, 0.2) is 71.3 Å². The second kappa shape index (κ2) is 10.1. The summed E-state index contributed by atoms with van der Waals surface area (Å²) in [4.78, 5) is 23.6. The predicted molar refractivity (Wildman–Crippen MR) is 105 cm³/mol. The summed E-state index contributed by atoms with van der Waals surface area (Å²) >= 11 is 0. The van der Waals surface area contributed by atoms with Crippen molar-refractivity contribution in [3.05, 3.63) is 84.1 Å². The van der Waals surface area contributed by atoms with E-state index in [4.69, 9.17) is 9.15 Å². The first-order valence-corrected chi connectivity index (χ1v) is 9.21. The van der Waals surface area contributed by atoms with Gasteiger partial charge in [0, 0.05) is 19.5 Å². The first-order valence-electron chi connectivity index (χ1n) is 9.21. The van der Waals surface area contributed by atoms with E-state index in [9.17, 15) is 14.0 Å². The summed E-state index contributed by atoms with van der Waals surface area (Å²) < 4.78 is 23.5. The second-order valence-electron chi connectivity index (χ2n) is 6.31. The molecule has 1 heterocycles. The summed E-state index contributed by atoms with van der Waals surface area (Å²) in [7, 11) is 0. The Morgan fingerprint density at radius 2 is 1.62 bits per heavy atom. The fraction of sp³-hybridized carbons (Fsp3) is 0.182. The van der Waals surface area contributed by atoms with Crippen molar-refractivity contribution in [1.82, 2.24) is 10.6 Å². The van der Waals surface area contributed by atoms with Crippen LogP contribution in [-0.4, -0.2) is 18.4 Å². The van der Waals surface area contributed by atoms with Gasteiger partial charge in [-0.05, 0) is 60.5 Å². The van der Waals surface area contributed by atoms with Crippen LogP contribution in [0.4, 0.5) is 4.39 Å². The van der Waals surface area contributed by atoms with Gasteiger partial charge in [0.05, 0.1) is 6.26 Å². The zero-order valence-electron chi connectivity index (χ0n) is 15.7. The minimum atomic E-state index is -0.316. The number of benzene rings is 2. The van der Waals surface area contributed by atoms with Gasteiger partial charge in [-0.15, -0.1) is 0 Å². The Hall–Kier alpha value is -3.61. The van der Waals surface area contributed by atoms with Crippen LogP contribution in [0.5, 0.6) is 11.5 Å². The standard InChI is InChI=1S/C22H21FN2O4/c23-17-7-11-19(12-8-17)29-18-9-5-16(6-10-18)15-25-21(26)4-1-13-24-22(27)20-3-2-14-28-20/h2-3,5-12,14H,1,4,13,15H2,(H,24,27)(H,25,26). The molecular formula is C22H21FN2O4. The van der Waals surface area contributed by atoms with Crippen molar-refractivity contribution in [1.29, 1.82) is 0 Å². The van der Waals surface area contributed by atoms with Gasteiger partial charge in [0.25, 0.3) is 5.91 Å². The highest BCUT2D eigenvalue weighted by Gasteiger charge is 2.08. The minimum absolute atomic E-state index is 0.0936. The van der Waals surface area contributed by atoms with E-state index in [1.165, 1.54) is 18.4 Å². The molecule has 2 N–H and O–H groups in total. The lowest BCUT2D eigenvalue weighted by atomic mass is 10.2. The summed E-state index contributed by atoms with van der Waals surface area (Å²) in [6.45, 7) is 0.788. The molecule has 2 aromatic carbocycles. The third-order valence-electron chi connectivity index (χ3n) is 4.07. The number of furan rings is 1. The van der Waals surface area contributed by atoms with Crippen LogP contribution in [0, 0.1) is 5.82 Å². The number of nitrogens with one attached hydrogen (secondary N) is 2. The highest BCUT2D eigenvalue weighted by molar-refractivity contribution is 5.91. The molecule has 3 aromatic rings. The number of halogens is 1. The van der Waals surface area contributed by atoms with Gasteiger partial charge in [-0.2, -0.15) is 0 Å². The quantitative estimate of drug-likeness (QED) is 0.535. The molecule has 2 amide bonds. The van der Waals surface area contributed by atoms with Crippen LogP contribution in [0.25, 0.3) is 0 Å². The maximum Gasteiger partial charge on any atom is 0.286 e. The molecule has 0 radical (unpaired) electrons. The molecular weight excluding hydrogens is 375 g/mol. The van der Waals surface area contributed by atoms with Crippen LogP contribution < -0.4 is 15.4 Å². The number of hydrogen-bond acceptors (Lipinski definition) is 4. The van der Waals surface area contributed by atoms with Crippen LogP contribution in [0.2, 0.25) is 0 Å². The number of rotatable bonds is 9. The van der Waals surface area contributed by atoms with E-state index in [0.717, 1.165) is 5.56 Å². The third kappa shape index (κ3) is 6.49. The van der Waals surface area contributed by atoms with E-state index in [1.54, 1.807) is 36.4 Å². The Morgan fingerprint density at radius 3 is 2.28 bits per heavy atom. The lowest BCUT2D eigenvalue weighted by Crippen LogP contribution is -2.27. The minimum Gasteiger partial charge on any atom is -0.459 e. The summed E-state index contributed by atoms with van der Waals surface area (Å²) in [5.41, 5.74) is 0.927. The van der Waals surface area contributed by atoms with Crippen molar-refractivity contribution in [3.8, 4) is 11.5 Å². The van der Waals surface area contributed by atoms with Crippen molar-refractivity contribution in [2.45, 2.75) is 19.4 Å². The van der Waals surface area contributed by atoms with Crippen molar-refractivity contribution in [3.63, 3.8) is 0 Å². The molecule has 0 aliphatic carbocycles. The van der Waals surface area contributed by atoms with E-state index in [0.29, 0.717) is 37.4 Å². The average Bonchev–Trinajstić information content (AvgIpc) is 3.27. The van der Waals surface area contributed by atoms with Crippen LogP contribution in [0.1, 0.15) is 29.0 Å². The second-order valence-corrected chi connectivity index (χ2v) is 6.31. The monoisotopic (exact) mass is 396 g/mol. The molecule has 0 aliphatic rings. The van der Waals surface area contributed by atoms with E-state index < -0.39 is 0 Å². The van der Waals surface area contributed by atoms with Gasteiger partial charge in [-0.3, -0.25) is 9.59 Å². The Kier molecular flexibility index (Phi) is 7.00. The largest absolute Gasteiger partial charge is 0.459 e. The Labute approximate surface area is 167 Å². The molecule has 0 saturated carbocycles. The summed E-state index contributed by atoms with van der Waals surface area (Å²) in [5.74, 6) is 0.720. The highest BCUT2D eigenvalue weighted by Crippen LogP contribution is 2.21. The summed E-state index contributed by atoms with van der Waals surface area (Å²) in [5, 5.41) is 5.53. The highest BCUT2D eigenvalue weighted by atomic mass is 19.1. The molecule has 1 aromatic heterocycles. The molecule has 0 aliphatic heterocycles. The topological polar surface area (TPSA) is 80.6 Å². The molecule has 3 rings (SSSR count). The first kappa shape index (κ1) is 20.1. The smallest absolute Gasteiger partial charge is 0.286 e. The Balaban J connectivity index is 1.34. The van der Waals surface area contributed by atoms with Gasteiger partial charge in [0.15, 0.2) is 5.76 Å². The van der Waals surface area contributed by atoms with E-state index in [1.807, 2.05) is 12.1 Å². The van der Waals surface area contributed by atoms with E-state index in [-0.39, 0.29) is 23.4 Å². The Bertz CT molecular complexity index is 922. The maximum atomic E-state index is 12.9. The number of ether oxygens (including phenoxy) is 1. The lowest BCUT2D eigenvalue weighted by Gasteiger charge is -2.08. The molecule has 0 bridgehead atoms. The molecule has 0 atom stereocenters. The fourth-order valence-electron chi connectivity index (χ4n) is 2.55. The third-order valence-corrected chi connectivity index (χ3v) is 4.07. The van der Waals surface area contributed by atoms with Gasteiger partial charge in [-0.25, -0.2) is 4.39 Å². The molecule has 0 fully saturated rings. The zero-order chi connectivity index (χ0) is 20.5. The van der Waals surface area contributed by atoms with Gasteiger partial charge in [0.1, 0.15) is 17.3 Å². The van der Waals surface area contributed by atoms with Gasteiger partial charge in [0.2, 0.25) is 5.91 Å². The number of amides is 2. The lowest BCUT2D eigenvalue weighted by molar-refractivity contribution is -0.121. The van der Waals surface area contributed by atoms with Crippen LogP contribution >= 0.6 is 0 Å². The first-order chi connectivity index (χ1) is 14.1. The fourth-order valence-corrected chi connectivity index (χ4v) is 2.55. The summed E-state index contributed by atoms with van der Waals surface area (Å²) in [6, 6.07) is 16.3. The van der Waals surface area contributed by atoms with Gasteiger partial charge >= 0.3 is 0 Å². The van der Waals surface area contributed by atoms with Crippen LogP contribution in [0.3, 0.4) is 0 Å². The normalized spacial score (nSPS) is 10.4. The molecule has 150 valence electrons. The molecule has 6 nitrogen and oxygen atoms in total. The zero-order valence-corrected chi connectivity index (χ0v) is 15.7. The van der Waals surface area contributed by atoms with Crippen molar-refractivity contribution in [2.75, 3.05) is 6.54 Å². The van der Waals surface area contributed by atoms with Gasteiger partial charge in [-0.1, -0.05) is 12.1 Å². The number of hydrogen-bond donors (Lipinski definition) is 2. The maximum absolute atomic E-state index is 12.9. The summed E-state index contributed by atoms with van der Waals surface area (Å²) in [6.07, 6.45) is 2.27. The number of carbonyl (C=O) groups is 2. The van der Waals surface area contributed by atoms with Crippen LogP contribution in [-0.2, 0) is 11.3 Å². The molecule has 7 heteroatoms. The van der Waals surface area contributed by atoms with E-state index in [2.05, 4.69) is 10.6 Å². The average molecular weight is 396 g/mol. The molecule has 0 spiro atoms. The van der Waals surface area contributed by atoms with Gasteiger partial charge < -0.3 is 19.8 Å². The van der Waals surface area contributed by atoms with E-state index >= 15 is 0 Å². The van der Waals surface area contributed by atoms with Crippen molar-refractivity contribution < 1.29 is 23.1 Å². The molecule has 0 saturated heterocycles. The SMILES string of the molecule is O=C(CCCNC(=O)c1ccco1)NCc1ccc(Oc2ccc(F)cc2)cc1. The van der Waals surface area contributed by atoms with Crippen molar-refractivity contribution in [2.24, 2.45) is 0 Å². The Morgan fingerprint density at radius 1 is 0.931 bits per heavy atom. The predicted octanol–water partition coefficient (Wildman–Crippen LogP) is 4.04. The molecule has 29 heavy (non-hydrogen) atoms. The number of carbonyl (C=O) groups excluding carboxylic acids is 2.